The van der Waals surface area contributed by atoms with Crippen LogP contribution in [0.15, 0.2) is 18.2 Å². The Morgan fingerprint density at radius 1 is 1.44 bits per heavy atom. The number of carbonyl (C=O) groups excluding carboxylic acids is 1. The van der Waals surface area contributed by atoms with Crippen LogP contribution in [0.3, 0.4) is 0 Å². The molecule has 0 unspecified atom stereocenters. The average Bonchev–Trinajstić information content (AvgIpc) is 2.93. The number of nitrogens with zero attached hydrogens (tertiary/aromatic N) is 3. The number of anilines is 1. The average molecular weight is 388 g/mol. The summed E-state index contributed by atoms with van der Waals surface area (Å²) in [6, 6.07) is 4.35. The summed E-state index contributed by atoms with van der Waals surface area (Å²) in [7, 11) is 1.73. The van der Waals surface area contributed by atoms with Crippen molar-refractivity contribution >= 4 is 35.9 Å². The van der Waals surface area contributed by atoms with E-state index in [0.29, 0.717) is 11.9 Å². The van der Waals surface area contributed by atoms with E-state index >= 15 is 0 Å². The smallest absolute Gasteiger partial charge is 0.231 e. The molecule has 2 N–H and O–H groups in total. The zero-order valence-corrected chi connectivity index (χ0v) is 15.3. The summed E-state index contributed by atoms with van der Waals surface area (Å²) in [4.78, 5) is 16.6. The molecule has 0 atom stereocenters. The number of piperidine rings is 1. The van der Waals surface area contributed by atoms with Crippen LogP contribution >= 0.6 is 24.0 Å². The first kappa shape index (κ1) is 19.6. The van der Waals surface area contributed by atoms with E-state index in [0.717, 1.165) is 31.8 Å². The van der Waals surface area contributed by atoms with E-state index in [4.69, 9.17) is 11.6 Å². The van der Waals surface area contributed by atoms with Gasteiger partial charge in [-0.05, 0) is 38.1 Å². The molecule has 0 radical (unpaired) electrons. The van der Waals surface area contributed by atoms with Gasteiger partial charge in [0.05, 0.1) is 6.42 Å². The highest BCUT2D eigenvalue weighted by atomic mass is 35.5. The number of aromatic nitrogens is 3. The van der Waals surface area contributed by atoms with E-state index in [1.54, 1.807) is 13.1 Å². The van der Waals surface area contributed by atoms with Gasteiger partial charge in [-0.2, -0.15) is 10.1 Å². The van der Waals surface area contributed by atoms with Crippen LogP contribution < -0.4 is 10.6 Å². The highest BCUT2D eigenvalue weighted by molar-refractivity contribution is 6.31. The lowest BCUT2D eigenvalue weighted by Gasteiger charge is -2.19. The number of nitrogens with one attached hydrogen (secondary N) is 2. The van der Waals surface area contributed by atoms with Crippen molar-refractivity contribution in [2.45, 2.75) is 25.2 Å². The Kier molecular flexibility index (Phi) is 6.75. The minimum absolute atomic E-state index is 0. The van der Waals surface area contributed by atoms with Crippen molar-refractivity contribution in [1.82, 2.24) is 20.1 Å². The number of aryl methyl sites for hydroxylation is 1. The Morgan fingerprint density at radius 2 is 2.16 bits per heavy atom. The van der Waals surface area contributed by atoms with Crippen molar-refractivity contribution in [3.05, 3.63) is 40.4 Å². The van der Waals surface area contributed by atoms with Crippen molar-refractivity contribution in [3.8, 4) is 0 Å². The summed E-state index contributed by atoms with van der Waals surface area (Å²) >= 11 is 5.95. The lowest BCUT2D eigenvalue weighted by Crippen LogP contribution is -2.27. The highest BCUT2D eigenvalue weighted by Crippen LogP contribution is 2.24. The maximum absolute atomic E-state index is 13.8. The molecule has 1 aromatic carbocycles. The Hall–Kier alpha value is -1.70. The second-order valence-electron chi connectivity index (χ2n) is 5.87. The van der Waals surface area contributed by atoms with Gasteiger partial charge in [0.25, 0.3) is 0 Å². The molecule has 1 aliphatic rings. The number of hydrogen-bond donors (Lipinski definition) is 2. The summed E-state index contributed by atoms with van der Waals surface area (Å²) in [5, 5.41) is 10.6. The molecule has 9 heteroatoms. The van der Waals surface area contributed by atoms with Crippen LogP contribution in [0.25, 0.3) is 0 Å². The molecule has 2 heterocycles. The van der Waals surface area contributed by atoms with Gasteiger partial charge in [0.2, 0.25) is 11.9 Å². The Labute approximate surface area is 156 Å². The van der Waals surface area contributed by atoms with Gasteiger partial charge in [-0.3, -0.25) is 10.1 Å². The Balaban J connectivity index is 0.00000225. The number of amides is 1. The molecule has 6 nitrogen and oxygen atoms in total. The predicted molar refractivity (Wildman–Crippen MR) is 96.8 cm³/mol. The molecule has 0 aliphatic carbocycles. The van der Waals surface area contributed by atoms with Crippen LogP contribution in [0.4, 0.5) is 10.3 Å². The van der Waals surface area contributed by atoms with Gasteiger partial charge in [-0.25, -0.2) is 9.07 Å². The second-order valence-corrected chi connectivity index (χ2v) is 6.27. The Morgan fingerprint density at radius 3 is 2.84 bits per heavy atom. The zero-order valence-electron chi connectivity index (χ0n) is 13.8. The quantitative estimate of drug-likeness (QED) is 0.845. The van der Waals surface area contributed by atoms with Gasteiger partial charge in [0.15, 0.2) is 5.82 Å². The van der Waals surface area contributed by atoms with Gasteiger partial charge < -0.3 is 5.32 Å². The molecule has 2 aromatic rings. The number of hydrogen-bond acceptors (Lipinski definition) is 4. The Bertz CT molecular complexity index is 726. The van der Waals surface area contributed by atoms with E-state index in [1.165, 1.54) is 16.8 Å². The molecule has 136 valence electrons. The van der Waals surface area contributed by atoms with Gasteiger partial charge in [0, 0.05) is 23.6 Å². The largest absolute Gasteiger partial charge is 0.317 e. The molecular formula is C16H20Cl2FN5O. The molecule has 1 fully saturated rings. The normalized spacial score (nSPS) is 14.8. The monoisotopic (exact) mass is 387 g/mol. The van der Waals surface area contributed by atoms with E-state index < -0.39 is 5.82 Å². The van der Waals surface area contributed by atoms with E-state index in [2.05, 4.69) is 20.7 Å². The summed E-state index contributed by atoms with van der Waals surface area (Å²) in [6.07, 6.45) is 1.80. The maximum atomic E-state index is 13.8. The molecule has 0 spiro atoms. The standard InChI is InChI=1S/C16H19ClFN5O.ClH/c1-23-16(21-15(22-23)10-5-7-19-8-6-10)20-14(24)9-11-12(17)3-2-4-13(11)18;/h2-4,10,19H,5-9H2,1H3,(H,20,21,22,24);1H. The predicted octanol–water partition coefficient (Wildman–Crippen LogP) is 2.68. The fraction of sp³-hybridized carbons (Fsp3) is 0.438. The van der Waals surface area contributed by atoms with Crippen LogP contribution in [0.2, 0.25) is 5.02 Å². The van der Waals surface area contributed by atoms with E-state index in [1.807, 2.05) is 0 Å². The summed E-state index contributed by atoms with van der Waals surface area (Å²) < 4.78 is 15.3. The molecule has 3 rings (SSSR count). The summed E-state index contributed by atoms with van der Waals surface area (Å²) in [5.74, 6) is 0.517. The maximum Gasteiger partial charge on any atom is 0.231 e. The van der Waals surface area contributed by atoms with Crippen LogP contribution in [0, 0.1) is 5.82 Å². The van der Waals surface area contributed by atoms with E-state index in [-0.39, 0.29) is 35.3 Å². The fourth-order valence-corrected chi connectivity index (χ4v) is 3.03. The molecule has 0 bridgehead atoms. The lowest BCUT2D eigenvalue weighted by molar-refractivity contribution is -0.115. The van der Waals surface area contributed by atoms with Crippen LogP contribution in [0.5, 0.6) is 0 Å². The molecule has 1 aromatic heterocycles. The topological polar surface area (TPSA) is 71.8 Å². The third-order valence-electron chi connectivity index (χ3n) is 4.13. The van der Waals surface area contributed by atoms with Crippen molar-refractivity contribution in [3.63, 3.8) is 0 Å². The number of carbonyl (C=O) groups is 1. The van der Waals surface area contributed by atoms with Crippen molar-refractivity contribution in [1.29, 1.82) is 0 Å². The first-order valence-electron chi connectivity index (χ1n) is 7.89. The number of benzene rings is 1. The first-order chi connectivity index (χ1) is 11.5. The molecular weight excluding hydrogens is 368 g/mol. The zero-order chi connectivity index (χ0) is 17.1. The van der Waals surface area contributed by atoms with Crippen molar-refractivity contribution < 1.29 is 9.18 Å². The second kappa shape index (κ2) is 8.60. The van der Waals surface area contributed by atoms with E-state index in [9.17, 15) is 9.18 Å². The van der Waals surface area contributed by atoms with Gasteiger partial charge in [-0.1, -0.05) is 17.7 Å². The number of halogens is 3. The third-order valence-corrected chi connectivity index (χ3v) is 4.49. The molecule has 1 saturated heterocycles. The molecule has 1 aliphatic heterocycles. The van der Waals surface area contributed by atoms with Gasteiger partial charge in [-0.15, -0.1) is 12.4 Å². The minimum atomic E-state index is -0.494. The molecule has 25 heavy (non-hydrogen) atoms. The highest BCUT2D eigenvalue weighted by Gasteiger charge is 2.21. The van der Waals surface area contributed by atoms with Crippen molar-refractivity contribution in [2.75, 3.05) is 18.4 Å². The van der Waals surface area contributed by atoms with Crippen LogP contribution in [0.1, 0.15) is 30.1 Å². The third kappa shape index (κ3) is 4.68. The van der Waals surface area contributed by atoms with Gasteiger partial charge in [0.1, 0.15) is 5.82 Å². The minimum Gasteiger partial charge on any atom is -0.317 e. The van der Waals surface area contributed by atoms with Crippen LogP contribution in [-0.4, -0.2) is 33.8 Å². The first-order valence-corrected chi connectivity index (χ1v) is 8.27. The van der Waals surface area contributed by atoms with Gasteiger partial charge >= 0.3 is 0 Å². The van der Waals surface area contributed by atoms with Crippen molar-refractivity contribution in [2.24, 2.45) is 7.05 Å². The summed E-state index contributed by atoms with van der Waals surface area (Å²) in [5.41, 5.74) is 0.178. The number of rotatable bonds is 4. The lowest BCUT2D eigenvalue weighted by atomic mass is 9.98. The fourth-order valence-electron chi connectivity index (χ4n) is 2.80. The van der Waals surface area contributed by atoms with Crippen LogP contribution in [-0.2, 0) is 18.3 Å². The summed E-state index contributed by atoms with van der Waals surface area (Å²) in [6.45, 7) is 1.88. The molecule has 0 saturated carbocycles. The molecule has 1 amide bonds. The SMILES string of the molecule is Cl.Cn1nc(C2CCNCC2)nc1NC(=O)Cc1c(F)cccc1Cl.